The second-order valence-electron chi connectivity index (χ2n) is 2.60. The van der Waals surface area contributed by atoms with Gasteiger partial charge in [0.15, 0.2) is 5.11 Å². The number of nitrogens with one attached hydrogen (secondary N) is 2. The van der Waals surface area contributed by atoms with E-state index in [-0.39, 0.29) is 5.25 Å². The summed E-state index contributed by atoms with van der Waals surface area (Å²) in [6.45, 7) is 2.75. The molecule has 0 rings (SSSR count). The van der Waals surface area contributed by atoms with Crippen molar-refractivity contribution in [1.82, 2.24) is 10.6 Å². The molecule has 0 aromatic rings. The fourth-order valence-corrected chi connectivity index (χ4v) is 1.20. The molecular weight excluding hydrogens is 192 g/mol. The molecule has 2 atom stereocenters. The SMILES string of the molecule is CNC(=S)NCCC(C)S(C)=O. The Labute approximate surface area is 81.8 Å². The predicted molar refractivity (Wildman–Crippen MR) is 57.8 cm³/mol. The fourth-order valence-electron chi connectivity index (χ4n) is 0.643. The molecule has 0 aromatic carbocycles. The minimum Gasteiger partial charge on any atom is -0.366 e. The number of hydrogen-bond donors (Lipinski definition) is 2. The third-order valence-electron chi connectivity index (χ3n) is 1.63. The largest absolute Gasteiger partial charge is 0.366 e. The Kier molecular flexibility index (Phi) is 6.28. The average Bonchev–Trinajstić information content (AvgIpc) is 2.03. The Hall–Kier alpha value is -0.160. The molecule has 0 aliphatic heterocycles. The zero-order chi connectivity index (χ0) is 9.56. The van der Waals surface area contributed by atoms with Crippen molar-refractivity contribution in [3.05, 3.63) is 0 Å². The van der Waals surface area contributed by atoms with Gasteiger partial charge in [-0.2, -0.15) is 0 Å². The van der Waals surface area contributed by atoms with E-state index in [4.69, 9.17) is 12.2 Å². The normalized spacial score (nSPS) is 14.9. The number of hydrogen-bond acceptors (Lipinski definition) is 2. The Morgan fingerprint density at radius 1 is 1.67 bits per heavy atom. The lowest BCUT2D eigenvalue weighted by Crippen LogP contribution is -2.34. The van der Waals surface area contributed by atoms with Gasteiger partial charge >= 0.3 is 0 Å². The average molecular weight is 208 g/mol. The molecule has 0 aromatic heterocycles. The minimum atomic E-state index is -0.731. The van der Waals surface area contributed by atoms with Crippen molar-refractivity contribution in [2.24, 2.45) is 0 Å². The quantitative estimate of drug-likeness (QED) is 0.649. The highest BCUT2D eigenvalue weighted by molar-refractivity contribution is 7.84. The topological polar surface area (TPSA) is 41.1 Å². The summed E-state index contributed by atoms with van der Waals surface area (Å²) < 4.78 is 10.9. The first kappa shape index (κ1) is 11.8. The van der Waals surface area contributed by atoms with Gasteiger partial charge in [0.2, 0.25) is 0 Å². The molecule has 0 aliphatic carbocycles. The van der Waals surface area contributed by atoms with Crippen LogP contribution in [-0.4, -0.2) is 34.4 Å². The van der Waals surface area contributed by atoms with Gasteiger partial charge in [0.1, 0.15) is 0 Å². The maximum Gasteiger partial charge on any atom is 0.166 e. The van der Waals surface area contributed by atoms with Crippen LogP contribution in [0.4, 0.5) is 0 Å². The van der Waals surface area contributed by atoms with Crippen molar-refractivity contribution in [2.45, 2.75) is 18.6 Å². The Bertz CT molecular complexity index is 173. The molecule has 0 aliphatic rings. The molecule has 0 saturated heterocycles. The Morgan fingerprint density at radius 2 is 2.25 bits per heavy atom. The van der Waals surface area contributed by atoms with Crippen molar-refractivity contribution >= 4 is 28.1 Å². The Morgan fingerprint density at radius 3 is 2.67 bits per heavy atom. The van der Waals surface area contributed by atoms with Gasteiger partial charge < -0.3 is 10.6 Å². The third kappa shape index (κ3) is 5.49. The van der Waals surface area contributed by atoms with Crippen LogP contribution in [0.5, 0.6) is 0 Å². The molecule has 0 spiro atoms. The zero-order valence-corrected chi connectivity index (χ0v) is 9.35. The van der Waals surface area contributed by atoms with Gasteiger partial charge in [-0.15, -0.1) is 0 Å². The predicted octanol–water partition coefficient (Wildman–Crippen LogP) is 0.237. The molecule has 0 saturated carbocycles. The van der Waals surface area contributed by atoms with Gasteiger partial charge in [-0.3, -0.25) is 4.21 Å². The van der Waals surface area contributed by atoms with Crippen LogP contribution in [0.2, 0.25) is 0 Å². The molecule has 2 unspecified atom stereocenters. The molecule has 12 heavy (non-hydrogen) atoms. The third-order valence-corrected chi connectivity index (χ3v) is 3.35. The van der Waals surface area contributed by atoms with Gasteiger partial charge in [0.25, 0.3) is 0 Å². The first-order valence-electron chi connectivity index (χ1n) is 3.85. The van der Waals surface area contributed by atoms with Crippen molar-refractivity contribution in [3.8, 4) is 0 Å². The van der Waals surface area contributed by atoms with Gasteiger partial charge in [0, 0.05) is 35.9 Å². The van der Waals surface area contributed by atoms with E-state index in [0.29, 0.717) is 5.11 Å². The summed E-state index contributed by atoms with van der Waals surface area (Å²) in [6, 6.07) is 0. The van der Waals surface area contributed by atoms with Crippen molar-refractivity contribution in [2.75, 3.05) is 19.8 Å². The van der Waals surface area contributed by atoms with Gasteiger partial charge in [-0.1, -0.05) is 6.92 Å². The van der Waals surface area contributed by atoms with Crippen molar-refractivity contribution in [3.63, 3.8) is 0 Å². The van der Waals surface area contributed by atoms with E-state index in [1.165, 1.54) is 0 Å². The maximum absolute atomic E-state index is 10.9. The number of rotatable bonds is 4. The van der Waals surface area contributed by atoms with E-state index in [0.717, 1.165) is 13.0 Å². The maximum atomic E-state index is 10.9. The van der Waals surface area contributed by atoms with Crippen LogP contribution in [0.1, 0.15) is 13.3 Å². The fraction of sp³-hybridized carbons (Fsp3) is 0.857. The summed E-state index contributed by atoms with van der Waals surface area (Å²) in [4.78, 5) is 0. The monoisotopic (exact) mass is 208 g/mol. The second kappa shape index (κ2) is 6.37. The van der Waals surface area contributed by atoms with E-state index >= 15 is 0 Å². The summed E-state index contributed by atoms with van der Waals surface area (Å²) in [5, 5.41) is 6.69. The van der Waals surface area contributed by atoms with E-state index in [2.05, 4.69) is 10.6 Å². The first-order valence-corrected chi connectivity index (χ1v) is 5.88. The molecule has 0 bridgehead atoms. The van der Waals surface area contributed by atoms with Crippen molar-refractivity contribution in [1.29, 1.82) is 0 Å². The van der Waals surface area contributed by atoms with Crippen LogP contribution in [0.25, 0.3) is 0 Å². The van der Waals surface area contributed by atoms with E-state index in [9.17, 15) is 4.21 Å². The lowest BCUT2D eigenvalue weighted by molar-refractivity contribution is 0.665. The Balaban J connectivity index is 3.43. The summed E-state index contributed by atoms with van der Waals surface area (Å²) in [6.07, 6.45) is 2.60. The smallest absolute Gasteiger partial charge is 0.166 e. The lowest BCUT2D eigenvalue weighted by atomic mass is 10.3. The summed E-state index contributed by atoms with van der Waals surface area (Å²) >= 11 is 4.87. The molecule has 0 fully saturated rings. The van der Waals surface area contributed by atoms with Crippen LogP contribution >= 0.6 is 12.2 Å². The second-order valence-corrected chi connectivity index (χ2v) is 4.81. The highest BCUT2D eigenvalue weighted by Gasteiger charge is 2.04. The van der Waals surface area contributed by atoms with E-state index in [1.807, 2.05) is 6.92 Å². The molecule has 0 heterocycles. The van der Waals surface area contributed by atoms with Crippen molar-refractivity contribution < 1.29 is 4.21 Å². The molecule has 5 heteroatoms. The standard InChI is InChI=1S/C7H16N2OS2/c1-6(12(3)10)4-5-9-7(11)8-2/h6H,4-5H2,1-3H3,(H2,8,9,11). The van der Waals surface area contributed by atoms with Gasteiger partial charge in [0.05, 0.1) is 0 Å². The highest BCUT2D eigenvalue weighted by Crippen LogP contribution is 1.96. The van der Waals surface area contributed by atoms with Crippen LogP contribution < -0.4 is 10.6 Å². The number of thiocarbonyl (C=S) groups is 1. The lowest BCUT2D eigenvalue weighted by Gasteiger charge is -2.10. The summed E-state index contributed by atoms with van der Waals surface area (Å²) in [5.41, 5.74) is 0. The molecule has 3 nitrogen and oxygen atoms in total. The van der Waals surface area contributed by atoms with Crippen LogP contribution in [-0.2, 0) is 10.8 Å². The van der Waals surface area contributed by atoms with E-state index in [1.54, 1.807) is 13.3 Å². The summed E-state index contributed by atoms with van der Waals surface area (Å²) in [5.74, 6) is 0. The highest BCUT2D eigenvalue weighted by atomic mass is 32.2. The van der Waals surface area contributed by atoms with Gasteiger partial charge in [-0.25, -0.2) is 0 Å². The van der Waals surface area contributed by atoms with Crippen LogP contribution in [0, 0.1) is 0 Å². The molecule has 0 amide bonds. The molecule has 72 valence electrons. The zero-order valence-electron chi connectivity index (χ0n) is 7.72. The van der Waals surface area contributed by atoms with Crippen LogP contribution in [0.15, 0.2) is 0 Å². The van der Waals surface area contributed by atoms with E-state index < -0.39 is 10.8 Å². The molecule has 2 N–H and O–H groups in total. The first-order chi connectivity index (χ1) is 5.57. The minimum absolute atomic E-state index is 0.233. The molecular formula is C7H16N2OS2. The van der Waals surface area contributed by atoms with Crippen LogP contribution in [0.3, 0.4) is 0 Å². The summed E-state index contributed by atoms with van der Waals surface area (Å²) in [7, 11) is 1.04. The van der Waals surface area contributed by atoms with Gasteiger partial charge in [-0.05, 0) is 18.6 Å². The molecule has 0 radical (unpaired) electrons.